The molecule has 6 heteroatoms. The summed E-state index contributed by atoms with van der Waals surface area (Å²) in [6.45, 7) is 1.59. The fraction of sp³-hybridized carbons (Fsp3) is 0.286. The van der Waals surface area contributed by atoms with Crippen LogP contribution >= 0.6 is 0 Å². The number of imide groups is 1. The van der Waals surface area contributed by atoms with Gasteiger partial charge in [0.15, 0.2) is 0 Å². The highest BCUT2D eigenvalue weighted by atomic mass is 16.2. The topological polar surface area (TPSA) is 78.5 Å². The molecule has 2 atom stereocenters. The lowest BCUT2D eigenvalue weighted by Crippen LogP contribution is -2.41. The quantitative estimate of drug-likeness (QED) is 0.740. The molecule has 0 unspecified atom stereocenters. The van der Waals surface area contributed by atoms with Crippen molar-refractivity contribution < 1.29 is 14.4 Å². The van der Waals surface area contributed by atoms with Crippen LogP contribution in [0.2, 0.25) is 0 Å². The van der Waals surface area contributed by atoms with Crippen LogP contribution in [0.1, 0.15) is 30.5 Å². The van der Waals surface area contributed by atoms with E-state index in [1.54, 1.807) is 0 Å². The van der Waals surface area contributed by atoms with Crippen LogP contribution in [0.5, 0.6) is 0 Å². The molecule has 2 aromatic carbocycles. The summed E-state index contributed by atoms with van der Waals surface area (Å²) in [5.74, 6) is -0.711. The maximum Gasteiger partial charge on any atom is 0.325 e. The molecule has 1 heterocycles. The van der Waals surface area contributed by atoms with E-state index in [9.17, 15) is 14.4 Å². The molecule has 0 aromatic heterocycles. The Kier molecular flexibility index (Phi) is 5.86. The average Bonchev–Trinajstić information content (AvgIpc) is 2.95. The molecule has 6 nitrogen and oxygen atoms in total. The number of nitrogens with one attached hydrogen (secondary N) is 2. The first-order chi connectivity index (χ1) is 13.0. The van der Waals surface area contributed by atoms with Crippen LogP contribution < -0.4 is 10.6 Å². The van der Waals surface area contributed by atoms with Crippen LogP contribution in [0.3, 0.4) is 0 Å². The average molecular weight is 365 g/mol. The van der Waals surface area contributed by atoms with Crippen molar-refractivity contribution in [2.75, 3.05) is 6.54 Å². The molecule has 0 spiro atoms. The molecule has 0 saturated carbocycles. The summed E-state index contributed by atoms with van der Waals surface area (Å²) >= 11 is 0. The highest BCUT2D eigenvalue weighted by Crippen LogP contribution is 2.14. The predicted molar refractivity (Wildman–Crippen MR) is 102 cm³/mol. The standard InChI is InChI=1S/C21H23N3O3/c1-15(17-10-6-3-7-11-17)22-19(25)14-24-20(26)18(23-21(24)27)13-12-16-8-4-2-5-9-16/h2-11,15,18H,12-14H2,1H3,(H,22,25)(H,23,27)/t15-,18-/m0/s1. The molecule has 4 amide bonds. The number of hydrogen-bond acceptors (Lipinski definition) is 3. The number of rotatable bonds is 7. The van der Waals surface area contributed by atoms with Crippen molar-refractivity contribution in [3.63, 3.8) is 0 Å². The summed E-state index contributed by atoms with van der Waals surface area (Å²) in [6, 6.07) is 18.0. The van der Waals surface area contributed by atoms with Crippen LogP contribution in [-0.2, 0) is 16.0 Å². The summed E-state index contributed by atoms with van der Waals surface area (Å²) in [6.07, 6.45) is 1.19. The van der Waals surface area contributed by atoms with Gasteiger partial charge in [0.25, 0.3) is 5.91 Å². The van der Waals surface area contributed by atoms with E-state index in [0.717, 1.165) is 16.0 Å². The van der Waals surface area contributed by atoms with Gasteiger partial charge in [-0.05, 0) is 30.9 Å². The zero-order valence-corrected chi connectivity index (χ0v) is 15.2. The minimum Gasteiger partial charge on any atom is -0.348 e. The van der Waals surface area contributed by atoms with Crippen molar-refractivity contribution in [1.82, 2.24) is 15.5 Å². The fourth-order valence-electron chi connectivity index (χ4n) is 3.13. The molecule has 2 N–H and O–H groups in total. The van der Waals surface area contributed by atoms with E-state index in [1.165, 1.54) is 0 Å². The highest BCUT2D eigenvalue weighted by Gasteiger charge is 2.38. The number of benzene rings is 2. The van der Waals surface area contributed by atoms with E-state index in [2.05, 4.69) is 10.6 Å². The molecule has 2 aromatic rings. The molecule has 0 radical (unpaired) electrons. The molecular formula is C21H23N3O3. The Balaban J connectivity index is 1.53. The predicted octanol–water partition coefficient (Wildman–Crippen LogP) is 2.42. The largest absolute Gasteiger partial charge is 0.348 e. The molecular weight excluding hydrogens is 342 g/mol. The van der Waals surface area contributed by atoms with Crippen LogP contribution in [-0.4, -0.2) is 35.3 Å². The molecule has 1 aliphatic heterocycles. The third kappa shape index (κ3) is 4.73. The van der Waals surface area contributed by atoms with Crippen LogP contribution in [0.15, 0.2) is 60.7 Å². The summed E-state index contributed by atoms with van der Waals surface area (Å²) in [7, 11) is 0. The summed E-state index contributed by atoms with van der Waals surface area (Å²) < 4.78 is 0. The first kappa shape index (κ1) is 18.6. The Hall–Kier alpha value is -3.15. The van der Waals surface area contributed by atoms with Gasteiger partial charge < -0.3 is 10.6 Å². The van der Waals surface area contributed by atoms with Crippen molar-refractivity contribution in [3.8, 4) is 0 Å². The van der Waals surface area contributed by atoms with Gasteiger partial charge in [0.05, 0.1) is 6.04 Å². The van der Waals surface area contributed by atoms with Gasteiger partial charge >= 0.3 is 6.03 Å². The van der Waals surface area contributed by atoms with Crippen molar-refractivity contribution in [2.45, 2.75) is 31.8 Å². The number of carbonyl (C=O) groups excluding carboxylic acids is 3. The van der Waals surface area contributed by atoms with Gasteiger partial charge in [0.2, 0.25) is 5.91 Å². The molecule has 0 bridgehead atoms. The van der Waals surface area contributed by atoms with Gasteiger partial charge in [-0.25, -0.2) is 4.79 Å². The van der Waals surface area contributed by atoms with E-state index in [0.29, 0.717) is 12.8 Å². The molecule has 1 aliphatic rings. The Bertz CT molecular complexity index is 808. The number of nitrogens with zero attached hydrogens (tertiary/aromatic N) is 1. The maximum atomic E-state index is 12.5. The molecule has 1 saturated heterocycles. The van der Waals surface area contributed by atoms with Gasteiger partial charge in [0, 0.05) is 0 Å². The van der Waals surface area contributed by atoms with E-state index in [-0.39, 0.29) is 24.4 Å². The van der Waals surface area contributed by atoms with E-state index in [4.69, 9.17) is 0 Å². The lowest BCUT2D eigenvalue weighted by molar-refractivity contribution is -0.132. The van der Waals surface area contributed by atoms with Crippen molar-refractivity contribution >= 4 is 17.8 Å². The second-order valence-corrected chi connectivity index (χ2v) is 6.65. The lowest BCUT2D eigenvalue weighted by atomic mass is 10.1. The third-order valence-corrected chi connectivity index (χ3v) is 4.65. The molecule has 0 aliphatic carbocycles. The monoisotopic (exact) mass is 365 g/mol. The highest BCUT2D eigenvalue weighted by molar-refractivity contribution is 6.06. The minimum atomic E-state index is -0.586. The first-order valence-corrected chi connectivity index (χ1v) is 9.04. The van der Waals surface area contributed by atoms with Gasteiger partial charge in [0.1, 0.15) is 12.6 Å². The number of hydrogen-bond donors (Lipinski definition) is 2. The number of urea groups is 1. The number of carbonyl (C=O) groups is 3. The second kappa shape index (κ2) is 8.49. The van der Waals surface area contributed by atoms with E-state index in [1.807, 2.05) is 67.6 Å². The molecule has 27 heavy (non-hydrogen) atoms. The smallest absolute Gasteiger partial charge is 0.325 e. The molecule has 3 rings (SSSR count). The summed E-state index contributed by atoms with van der Waals surface area (Å²) in [4.78, 5) is 37.9. The van der Waals surface area contributed by atoms with E-state index < -0.39 is 12.1 Å². The number of amides is 4. The minimum absolute atomic E-state index is 0.201. The van der Waals surface area contributed by atoms with Crippen LogP contribution in [0.4, 0.5) is 4.79 Å². The van der Waals surface area contributed by atoms with E-state index >= 15 is 0 Å². The van der Waals surface area contributed by atoms with Crippen LogP contribution in [0.25, 0.3) is 0 Å². The van der Waals surface area contributed by atoms with Crippen molar-refractivity contribution in [2.24, 2.45) is 0 Å². The Morgan fingerprint density at radius 3 is 2.37 bits per heavy atom. The second-order valence-electron chi connectivity index (χ2n) is 6.65. The Morgan fingerprint density at radius 1 is 1.07 bits per heavy atom. The zero-order chi connectivity index (χ0) is 19.2. The Morgan fingerprint density at radius 2 is 1.70 bits per heavy atom. The maximum absolute atomic E-state index is 12.5. The molecule has 140 valence electrons. The van der Waals surface area contributed by atoms with Gasteiger partial charge in [-0.1, -0.05) is 60.7 Å². The first-order valence-electron chi connectivity index (χ1n) is 9.04. The zero-order valence-electron chi connectivity index (χ0n) is 15.2. The van der Waals surface area contributed by atoms with Gasteiger partial charge in [-0.3, -0.25) is 14.5 Å². The van der Waals surface area contributed by atoms with Crippen molar-refractivity contribution in [1.29, 1.82) is 0 Å². The number of aryl methyl sites for hydroxylation is 1. The van der Waals surface area contributed by atoms with Gasteiger partial charge in [-0.15, -0.1) is 0 Å². The summed E-state index contributed by atoms with van der Waals surface area (Å²) in [5.41, 5.74) is 2.07. The normalized spacial score (nSPS) is 17.5. The van der Waals surface area contributed by atoms with Gasteiger partial charge in [-0.2, -0.15) is 0 Å². The van der Waals surface area contributed by atoms with Crippen molar-refractivity contribution in [3.05, 3.63) is 71.8 Å². The SMILES string of the molecule is C[C@H](NC(=O)CN1C(=O)N[C@@H](CCc2ccccc2)C1=O)c1ccccc1. The Labute approximate surface area is 158 Å². The van der Waals surface area contributed by atoms with Crippen LogP contribution in [0, 0.1) is 0 Å². The molecule has 1 fully saturated rings. The third-order valence-electron chi connectivity index (χ3n) is 4.65. The fourth-order valence-corrected chi connectivity index (χ4v) is 3.13. The lowest BCUT2D eigenvalue weighted by Gasteiger charge is -2.17. The summed E-state index contributed by atoms with van der Waals surface area (Å²) in [5, 5.41) is 5.50.